The molecule has 5 rings (SSSR count). The number of hydrogen-bond acceptors (Lipinski definition) is 8. The van der Waals surface area contributed by atoms with Gasteiger partial charge in [0.05, 0.1) is 5.39 Å². The van der Waals surface area contributed by atoms with Crippen LogP contribution in [0.25, 0.3) is 11.0 Å². The quantitative estimate of drug-likeness (QED) is 0.392. The third kappa shape index (κ3) is 4.48. The molecule has 3 aromatic rings. The van der Waals surface area contributed by atoms with Gasteiger partial charge in [0.1, 0.15) is 34.4 Å². The van der Waals surface area contributed by atoms with Crippen LogP contribution < -0.4 is 0 Å². The van der Waals surface area contributed by atoms with E-state index in [2.05, 4.69) is 9.97 Å². The summed E-state index contributed by atoms with van der Waals surface area (Å²) in [4.78, 5) is 36.3. The van der Waals surface area contributed by atoms with E-state index in [1.54, 1.807) is 50.1 Å². The highest BCUT2D eigenvalue weighted by Crippen LogP contribution is 2.41. The standard InChI is InChI=1S/C26H29ClN4O6/c1-25(2,3)37-24(34)30-10-8-14-6-5-7-15(17(14)12-30)18(32)20-26(4,35)19(33)23(36-20)31-11-9-16-21(27)28-13-29-22(16)31/h5-7,9,11,13,19-20,23,33,35H,8,10,12H2,1-4H3/t19-,20+,23+,26-/m0/s1. The first-order chi connectivity index (χ1) is 17.4. The summed E-state index contributed by atoms with van der Waals surface area (Å²) in [5.74, 6) is -0.487. The van der Waals surface area contributed by atoms with E-state index in [0.29, 0.717) is 35.1 Å². The van der Waals surface area contributed by atoms with Crippen molar-refractivity contribution in [3.05, 3.63) is 58.6 Å². The van der Waals surface area contributed by atoms with Crippen LogP contribution in [0.15, 0.2) is 36.8 Å². The van der Waals surface area contributed by atoms with Gasteiger partial charge in [0.2, 0.25) is 0 Å². The minimum Gasteiger partial charge on any atom is -0.444 e. The molecule has 0 radical (unpaired) electrons. The lowest BCUT2D eigenvalue weighted by molar-refractivity contribution is -0.0551. The Hall–Kier alpha value is -3.05. The average molecular weight is 529 g/mol. The molecule has 2 aliphatic rings. The Morgan fingerprint density at radius 2 is 2.00 bits per heavy atom. The van der Waals surface area contributed by atoms with E-state index in [1.807, 2.05) is 6.07 Å². The Morgan fingerprint density at radius 1 is 1.24 bits per heavy atom. The van der Waals surface area contributed by atoms with Crippen LogP contribution in [0, 0.1) is 0 Å². The molecule has 196 valence electrons. The first kappa shape index (κ1) is 25.6. The number of aromatic nitrogens is 3. The molecule has 37 heavy (non-hydrogen) atoms. The second-order valence-electron chi connectivity index (χ2n) is 10.7. The smallest absolute Gasteiger partial charge is 0.410 e. The van der Waals surface area contributed by atoms with Crippen molar-refractivity contribution in [2.45, 2.75) is 70.3 Å². The molecule has 2 N–H and O–H groups in total. The van der Waals surface area contributed by atoms with E-state index in [-0.39, 0.29) is 11.7 Å². The van der Waals surface area contributed by atoms with Crippen molar-refractivity contribution in [3.8, 4) is 0 Å². The van der Waals surface area contributed by atoms with Crippen molar-refractivity contribution in [1.82, 2.24) is 19.4 Å². The number of ether oxygens (including phenoxy) is 2. The third-order valence-electron chi connectivity index (χ3n) is 6.84. The minimum absolute atomic E-state index is 0.185. The zero-order valence-electron chi connectivity index (χ0n) is 21.0. The van der Waals surface area contributed by atoms with Crippen LogP contribution in [0.1, 0.15) is 55.4 Å². The minimum atomic E-state index is -1.91. The fraction of sp³-hybridized carbons (Fsp3) is 0.462. The number of halogens is 1. The molecule has 1 fully saturated rings. The molecule has 11 heteroatoms. The van der Waals surface area contributed by atoms with Crippen LogP contribution in [0.3, 0.4) is 0 Å². The van der Waals surface area contributed by atoms with Crippen molar-refractivity contribution >= 4 is 34.5 Å². The lowest BCUT2D eigenvalue weighted by Crippen LogP contribution is -2.48. The van der Waals surface area contributed by atoms with Crippen LogP contribution >= 0.6 is 11.6 Å². The number of Topliss-reactive ketones (excluding diaryl/α,β-unsaturated/α-hetero) is 1. The van der Waals surface area contributed by atoms with Crippen molar-refractivity contribution in [2.24, 2.45) is 0 Å². The van der Waals surface area contributed by atoms with Crippen LogP contribution in [0.5, 0.6) is 0 Å². The van der Waals surface area contributed by atoms with Crippen LogP contribution in [0.4, 0.5) is 4.79 Å². The summed E-state index contributed by atoms with van der Waals surface area (Å²) < 4.78 is 13.1. The van der Waals surface area contributed by atoms with Gasteiger partial charge in [0.15, 0.2) is 18.1 Å². The molecule has 0 spiro atoms. The lowest BCUT2D eigenvalue weighted by atomic mass is 9.85. The summed E-state index contributed by atoms with van der Waals surface area (Å²) in [6.07, 6.45) is -0.903. The number of carbonyl (C=O) groups is 2. The van der Waals surface area contributed by atoms with Gasteiger partial charge in [-0.3, -0.25) is 4.79 Å². The number of rotatable bonds is 3. The molecule has 0 saturated carbocycles. The number of aliphatic hydroxyl groups excluding tert-OH is 1. The van der Waals surface area contributed by atoms with Crippen LogP contribution in [-0.2, 0) is 22.4 Å². The fourth-order valence-corrected chi connectivity index (χ4v) is 5.11. The van der Waals surface area contributed by atoms with E-state index >= 15 is 0 Å². The van der Waals surface area contributed by atoms with Gasteiger partial charge in [-0.05, 0) is 51.3 Å². The predicted octanol–water partition coefficient (Wildman–Crippen LogP) is 3.27. The van der Waals surface area contributed by atoms with Crippen molar-refractivity contribution in [3.63, 3.8) is 0 Å². The molecule has 1 saturated heterocycles. The number of ketones is 1. The normalized spacial score (nSPS) is 25.8. The number of nitrogens with zero attached hydrogens (tertiary/aromatic N) is 4. The van der Waals surface area contributed by atoms with Gasteiger partial charge < -0.3 is 29.2 Å². The van der Waals surface area contributed by atoms with Crippen molar-refractivity contribution < 1.29 is 29.3 Å². The molecular formula is C26H29ClN4O6. The van der Waals surface area contributed by atoms with Gasteiger partial charge in [-0.1, -0.05) is 29.8 Å². The molecule has 1 aromatic carbocycles. The molecule has 0 bridgehead atoms. The monoisotopic (exact) mass is 528 g/mol. The summed E-state index contributed by atoms with van der Waals surface area (Å²) in [7, 11) is 0. The Balaban J connectivity index is 1.45. The van der Waals surface area contributed by atoms with Crippen LogP contribution in [0.2, 0.25) is 5.15 Å². The van der Waals surface area contributed by atoms with E-state index in [1.165, 1.54) is 17.8 Å². The maximum Gasteiger partial charge on any atom is 0.410 e. The number of benzene rings is 1. The second kappa shape index (κ2) is 9.05. The number of carbonyl (C=O) groups excluding carboxylic acids is 2. The highest BCUT2D eigenvalue weighted by molar-refractivity contribution is 6.33. The first-order valence-corrected chi connectivity index (χ1v) is 12.4. The van der Waals surface area contributed by atoms with E-state index in [0.717, 1.165) is 5.56 Å². The largest absolute Gasteiger partial charge is 0.444 e. The molecule has 2 aliphatic heterocycles. The fourth-order valence-electron chi connectivity index (χ4n) is 4.92. The maximum atomic E-state index is 13.8. The maximum absolute atomic E-state index is 13.8. The number of aliphatic hydroxyl groups is 2. The number of hydrogen-bond donors (Lipinski definition) is 2. The Kier molecular flexibility index (Phi) is 6.26. The summed E-state index contributed by atoms with van der Waals surface area (Å²) in [6, 6.07) is 7.01. The molecule has 1 amide bonds. The molecule has 10 nitrogen and oxygen atoms in total. The van der Waals surface area contributed by atoms with Gasteiger partial charge in [-0.2, -0.15) is 0 Å². The zero-order chi connectivity index (χ0) is 26.7. The summed E-state index contributed by atoms with van der Waals surface area (Å²) >= 11 is 6.16. The van der Waals surface area contributed by atoms with Gasteiger partial charge in [-0.25, -0.2) is 14.8 Å². The molecule has 2 aromatic heterocycles. The highest BCUT2D eigenvalue weighted by Gasteiger charge is 2.56. The zero-order valence-corrected chi connectivity index (χ0v) is 21.8. The Labute approximate surface area is 218 Å². The second-order valence-corrected chi connectivity index (χ2v) is 11.0. The van der Waals surface area contributed by atoms with E-state index in [9.17, 15) is 19.8 Å². The topological polar surface area (TPSA) is 127 Å². The number of fused-ring (bicyclic) bond motifs is 2. The van der Waals surface area contributed by atoms with Crippen molar-refractivity contribution in [2.75, 3.05) is 6.54 Å². The van der Waals surface area contributed by atoms with E-state index in [4.69, 9.17) is 21.1 Å². The molecule has 4 atom stereocenters. The van der Waals surface area contributed by atoms with Gasteiger partial charge in [0.25, 0.3) is 0 Å². The lowest BCUT2D eigenvalue weighted by Gasteiger charge is -2.32. The molecular weight excluding hydrogens is 500 g/mol. The Bertz CT molecular complexity index is 1380. The summed E-state index contributed by atoms with van der Waals surface area (Å²) in [5.41, 5.74) is -0.218. The summed E-state index contributed by atoms with van der Waals surface area (Å²) in [5, 5.41) is 23.1. The number of amides is 1. The van der Waals surface area contributed by atoms with Gasteiger partial charge >= 0.3 is 6.09 Å². The molecule has 0 unspecified atom stereocenters. The van der Waals surface area contributed by atoms with Crippen molar-refractivity contribution in [1.29, 1.82) is 0 Å². The van der Waals surface area contributed by atoms with E-state index < -0.39 is 41.5 Å². The first-order valence-electron chi connectivity index (χ1n) is 12.0. The molecule has 0 aliphatic carbocycles. The highest BCUT2D eigenvalue weighted by atomic mass is 35.5. The summed E-state index contributed by atoms with van der Waals surface area (Å²) in [6.45, 7) is 7.41. The van der Waals surface area contributed by atoms with Gasteiger partial charge in [-0.15, -0.1) is 0 Å². The average Bonchev–Trinajstić information content (AvgIpc) is 3.36. The van der Waals surface area contributed by atoms with Gasteiger partial charge in [0, 0.05) is 24.8 Å². The Morgan fingerprint density at radius 3 is 2.73 bits per heavy atom. The third-order valence-corrected chi connectivity index (χ3v) is 7.14. The SMILES string of the molecule is CC(C)(C)OC(=O)N1CCc2cccc(C(=O)[C@H]3O[C@@H](n4ccc5c(Cl)ncnc54)[C@H](O)[C@]3(C)O)c2C1. The van der Waals surface area contributed by atoms with Crippen LogP contribution in [-0.4, -0.2) is 71.5 Å². The molecule has 4 heterocycles. The predicted molar refractivity (Wildman–Crippen MR) is 134 cm³/mol.